The number of aromatic nitrogens is 1. The molecule has 0 saturated carbocycles. The minimum atomic E-state index is -0.556. The van der Waals surface area contributed by atoms with E-state index < -0.39 is 10.5 Å². The summed E-state index contributed by atoms with van der Waals surface area (Å²) in [6.45, 7) is 6.45. The average molecular weight is 484 g/mol. The third-order valence-electron chi connectivity index (χ3n) is 4.20. The lowest BCUT2D eigenvalue weighted by molar-refractivity contribution is -0.384. The zero-order valence-corrected chi connectivity index (χ0v) is 17.5. The van der Waals surface area contributed by atoms with Crippen molar-refractivity contribution in [1.82, 2.24) is 9.88 Å². The molecular weight excluding hydrogens is 463 g/mol. The Morgan fingerprint density at radius 2 is 2.19 bits per heavy atom. The summed E-state index contributed by atoms with van der Waals surface area (Å²) in [5, 5.41) is 15.5. The Labute approximate surface area is 170 Å². The van der Waals surface area contributed by atoms with E-state index in [9.17, 15) is 14.9 Å². The van der Waals surface area contributed by atoms with Gasteiger partial charge in [0.1, 0.15) is 17.5 Å². The molecule has 1 N–H and O–H groups in total. The van der Waals surface area contributed by atoms with Gasteiger partial charge in [-0.2, -0.15) is 0 Å². The first-order valence-electron chi connectivity index (χ1n) is 8.61. The van der Waals surface area contributed by atoms with Gasteiger partial charge in [0.2, 0.25) is 0 Å². The fourth-order valence-corrected chi connectivity index (χ4v) is 3.51. The van der Waals surface area contributed by atoms with Crippen LogP contribution in [0.5, 0.6) is 0 Å². The van der Waals surface area contributed by atoms with Crippen LogP contribution in [0.25, 0.3) is 10.9 Å². The lowest BCUT2D eigenvalue weighted by Crippen LogP contribution is -2.36. The second-order valence-electron chi connectivity index (χ2n) is 7.49. The highest BCUT2D eigenvalue weighted by Crippen LogP contribution is 2.34. The number of amides is 1. The molecule has 1 aliphatic heterocycles. The van der Waals surface area contributed by atoms with Crippen molar-refractivity contribution in [1.29, 1.82) is 0 Å². The molecule has 0 radical (unpaired) electrons. The Balaban J connectivity index is 1.84. The van der Waals surface area contributed by atoms with E-state index in [0.717, 1.165) is 3.57 Å². The van der Waals surface area contributed by atoms with E-state index in [2.05, 4.69) is 32.9 Å². The maximum absolute atomic E-state index is 12.2. The molecule has 1 atom stereocenters. The lowest BCUT2D eigenvalue weighted by Gasteiger charge is -2.24. The number of nitro groups is 1. The molecule has 9 heteroatoms. The number of hydrogen-bond donors (Lipinski definition) is 1. The van der Waals surface area contributed by atoms with Gasteiger partial charge in [-0.1, -0.05) is 0 Å². The van der Waals surface area contributed by atoms with Crippen LogP contribution < -0.4 is 5.32 Å². The molecule has 3 rings (SSSR count). The number of likely N-dealkylation sites (tertiary alicyclic amines) is 1. The van der Waals surface area contributed by atoms with E-state index in [-0.39, 0.29) is 17.8 Å². The lowest BCUT2D eigenvalue weighted by atomic mass is 10.1. The number of anilines is 1. The minimum absolute atomic E-state index is 0.0692. The van der Waals surface area contributed by atoms with Gasteiger partial charge in [-0.05, 0) is 68.0 Å². The first kappa shape index (κ1) is 19.6. The Bertz CT molecular complexity index is 897. The molecule has 144 valence electrons. The monoisotopic (exact) mass is 484 g/mol. The van der Waals surface area contributed by atoms with E-state index in [1.807, 2.05) is 39.0 Å². The second-order valence-corrected chi connectivity index (χ2v) is 8.74. The Morgan fingerprint density at radius 3 is 2.85 bits per heavy atom. The molecular formula is C18H21IN4O4. The van der Waals surface area contributed by atoms with Crippen molar-refractivity contribution in [2.45, 2.75) is 38.8 Å². The van der Waals surface area contributed by atoms with Crippen LogP contribution in [-0.2, 0) is 4.74 Å². The summed E-state index contributed by atoms with van der Waals surface area (Å²) in [6, 6.07) is 5.53. The standard InChI is InChI=1S/C18H21IN4O4/c1-18(2,3)27-17(24)22-7-6-12(10-22)21-16-13-8-11(19)4-5-14(13)20-9-15(16)23(25)26/h4-5,8-9,12H,6-7,10H2,1-3H3,(H,20,21)/t12-/m0/s1. The number of carbonyl (C=O) groups excluding carboxylic acids is 1. The Morgan fingerprint density at radius 1 is 1.44 bits per heavy atom. The smallest absolute Gasteiger partial charge is 0.410 e. The van der Waals surface area contributed by atoms with E-state index in [1.54, 1.807) is 4.90 Å². The van der Waals surface area contributed by atoms with Gasteiger partial charge in [0.05, 0.1) is 10.4 Å². The highest BCUT2D eigenvalue weighted by Gasteiger charge is 2.31. The normalized spacial score (nSPS) is 17.2. The molecule has 0 unspecified atom stereocenters. The molecule has 0 bridgehead atoms. The van der Waals surface area contributed by atoms with E-state index in [4.69, 9.17) is 4.74 Å². The van der Waals surface area contributed by atoms with Crippen LogP contribution >= 0.6 is 22.6 Å². The van der Waals surface area contributed by atoms with Crippen molar-refractivity contribution in [2.24, 2.45) is 0 Å². The highest BCUT2D eigenvalue weighted by atomic mass is 127. The molecule has 1 saturated heterocycles. The fraction of sp³-hybridized carbons (Fsp3) is 0.444. The zero-order chi connectivity index (χ0) is 19.8. The quantitative estimate of drug-likeness (QED) is 0.399. The first-order valence-corrected chi connectivity index (χ1v) is 9.69. The number of hydrogen-bond acceptors (Lipinski definition) is 6. The van der Waals surface area contributed by atoms with Crippen molar-refractivity contribution < 1.29 is 14.5 Å². The Kier molecular flexibility index (Phi) is 5.41. The van der Waals surface area contributed by atoms with Gasteiger partial charge in [0, 0.05) is 28.1 Å². The first-order chi connectivity index (χ1) is 12.6. The minimum Gasteiger partial charge on any atom is -0.444 e. The summed E-state index contributed by atoms with van der Waals surface area (Å²) < 4.78 is 6.37. The predicted octanol–water partition coefficient (Wildman–Crippen LogP) is 4.17. The van der Waals surface area contributed by atoms with Crippen molar-refractivity contribution in [3.8, 4) is 0 Å². The van der Waals surface area contributed by atoms with Crippen LogP contribution in [0.3, 0.4) is 0 Å². The predicted molar refractivity (Wildman–Crippen MR) is 111 cm³/mol. The summed E-state index contributed by atoms with van der Waals surface area (Å²) in [7, 11) is 0. The van der Waals surface area contributed by atoms with Crippen LogP contribution in [0.2, 0.25) is 0 Å². The van der Waals surface area contributed by atoms with E-state index in [1.165, 1.54) is 6.20 Å². The van der Waals surface area contributed by atoms with Gasteiger partial charge in [-0.3, -0.25) is 10.1 Å². The van der Waals surface area contributed by atoms with Crippen LogP contribution in [0.4, 0.5) is 16.2 Å². The fourth-order valence-electron chi connectivity index (χ4n) is 3.02. The molecule has 1 aliphatic rings. The van der Waals surface area contributed by atoms with Crippen LogP contribution in [0.15, 0.2) is 24.4 Å². The third kappa shape index (κ3) is 4.57. The molecule has 0 spiro atoms. The van der Waals surface area contributed by atoms with Gasteiger partial charge in [-0.25, -0.2) is 9.78 Å². The number of ether oxygens (including phenoxy) is 1. The number of nitrogens with zero attached hydrogens (tertiary/aromatic N) is 3. The number of rotatable bonds is 3. The molecule has 2 heterocycles. The molecule has 2 aromatic rings. The molecule has 0 aliphatic carbocycles. The van der Waals surface area contributed by atoms with Crippen LogP contribution in [0, 0.1) is 13.7 Å². The SMILES string of the molecule is CC(C)(C)OC(=O)N1CC[C@H](Nc2c([N+](=O)[O-])cnc3ccc(I)cc23)C1. The summed E-state index contributed by atoms with van der Waals surface area (Å²) in [5.74, 6) is 0. The molecule has 8 nitrogen and oxygen atoms in total. The highest BCUT2D eigenvalue weighted by molar-refractivity contribution is 14.1. The van der Waals surface area contributed by atoms with E-state index in [0.29, 0.717) is 36.1 Å². The number of benzene rings is 1. The molecule has 27 heavy (non-hydrogen) atoms. The van der Waals surface area contributed by atoms with Crippen molar-refractivity contribution >= 4 is 51.0 Å². The van der Waals surface area contributed by atoms with Crippen LogP contribution in [-0.4, -0.2) is 45.6 Å². The molecule has 1 aromatic heterocycles. The van der Waals surface area contributed by atoms with Crippen molar-refractivity contribution in [3.63, 3.8) is 0 Å². The maximum Gasteiger partial charge on any atom is 0.410 e. The maximum atomic E-state index is 12.2. The van der Waals surface area contributed by atoms with Gasteiger partial charge in [0.25, 0.3) is 0 Å². The molecule has 1 amide bonds. The van der Waals surface area contributed by atoms with E-state index >= 15 is 0 Å². The van der Waals surface area contributed by atoms with Gasteiger partial charge >= 0.3 is 11.8 Å². The summed E-state index contributed by atoms with van der Waals surface area (Å²) in [6.07, 6.45) is 1.60. The summed E-state index contributed by atoms with van der Waals surface area (Å²) in [4.78, 5) is 29.1. The molecule has 1 fully saturated rings. The van der Waals surface area contributed by atoms with Crippen LogP contribution in [0.1, 0.15) is 27.2 Å². The second kappa shape index (κ2) is 7.45. The van der Waals surface area contributed by atoms with Gasteiger partial charge in [0.15, 0.2) is 0 Å². The third-order valence-corrected chi connectivity index (χ3v) is 4.87. The number of pyridine rings is 1. The Hall–Kier alpha value is -2.17. The van der Waals surface area contributed by atoms with Crippen molar-refractivity contribution in [3.05, 3.63) is 38.1 Å². The number of halogens is 1. The number of nitrogens with one attached hydrogen (secondary N) is 1. The summed E-state index contributed by atoms with van der Waals surface area (Å²) >= 11 is 2.17. The largest absolute Gasteiger partial charge is 0.444 e. The zero-order valence-electron chi connectivity index (χ0n) is 15.4. The average Bonchev–Trinajstić information content (AvgIpc) is 3.02. The number of carbonyl (C=O) groups is 1. The molecule has 1 aromatic carbocycles. The number of fused-ring (bicyclic) bond motifs is 1. The van der Waals surface area contributed by atoms with Gasteiger partial charge < -0.3 is 15.0 Å². The van der Waals surface area contributed by atoms with Crippen molar-refractivity contribution in [2.75, 3.05) is 18.4 Å². The summed E-state index contributed by atoms with van der Waals surface area (Å²) in [5.41, 5.74) is 0.504. The van der Waals surface area contributed by atoms with Gasteiger partial charge in [-0.15, -0.1) is 0 Å². The topological polar surface area (TPSA) is 97.6 Å².